The molecule has 0 amide bonds. The van der Waals surface area contributed by atoms with Crippen molar-refractivity contribution >= 4 is 32.4 Å². The van der Waals surface area contributed by atoms with E-state index in [4.69, 9.17) is 0 Å². The van der Waals surface area contributed by atoms with Crippen LogP contribution in [0.4, 0.5) is 5.69 Å². The first-order chi connectivity index (χ1) is 9.74. The number of hydrogen-bond acceptors (Lipinski definition) is 1. The van der Waals surface area contributed by atoms with Crippen LogP contribution in [-0.2, 0) is 0 Å². The standard InChI is InChI=1S/C18H24BrN/c1-3-5-11-20(12-6-4-2)18-10-8-15-13-17(19)9-7-16(15)14-18/h7-10,13-14H,3-6,11-12H2,1-2H3. The van der Waals surface area contributed by atoms with Crippen LogP contribution in [0.3, 0.4) is 0 Å². The monoisotopic (exact) mass is 333 g/mol. The Morgan fingerprint density at radius 3 is 2.10 bits per heavy atom. The SMILES string of the molecule is CCCCN(CCCC)c1ccc2cc(Br)ccc2c1. The topological polar surface area (TPSA) is 3.24 Å². The summed E-state index contributed by atoms with van der Waals surface area (Å²) in [6, 6.07) is 13.3. The van der Waals surface area contributed by atoms with Crippen molar-refractivity contribution in [1.82, 2.24) is 0 Å². The molecule has 1 nitrogen and oxygen atoms in total. The molecule has 2 heteroatoms. The fourth-order valence-corrected chi connectivity index (χ4v) is 2.85. The number of anilines is 1. The first kappa shape index (κ1) is 15.4. The maximum absolute atomic E-state index is 3.54. The molecule has 2 rings (SSSR count). The average Bonchev–Trinajstić information content (AvgIpc) is 2.47. The maximum atomic E-state index is 3.54. The first-order valence-electron chi connectivity index (χ1n) is 7.69. The van der Waals surface area contributed by atoms with Gasteiger partial charge in [-0.25, -0.2) is 0 Å². The molecule has 0 N–H and O–H groups in total. The molecule has 0 saturated heterocycles. The van der Waals surface area contributed by atoms with Gasteiger partial charge in [0.2, 0.25) is 0 Å². The summed E-state index contributed by atoms with van der Waals surface area (Å²) in [4.78, 5) is 2.54. The zero-order valence-electron chi connectivity index (χ0n) is 12.5. The maximum Gasteiger partial charge on any atom is 0.0372 e. The quantitative estimate of drug-likeness (QED) is 0.599. The van der Waals surface area contributed by atoms with Crippen LogP contribution in [0.2, 0.25) is 0 Å². The second-order valence-electron chi connectivity index (χ2n) is 5.37. The second-order valence-corrected chi connectivity index (χ2v) is 6.29. The number of halogens is 1. The number of fused-ring (bicyclic) bond motifs is 1. The van der Waals surface area contributed by atoms with Crippen LogP contribution in [0.15, 0.2) is 40.9 Å². The summed E-state index contributed by atoms with van der Waals surface area (Å²) in [6.45, 7) is 6.85. The van der Waals surface area contributed by atoms with Crippen LogP contribution < -0.4 is 4.90 Å². The Morgan fingerprint density at radius 1 is 0.850 bits per heavy atom. The van der Waals surface area contributed by atoms with E-state index in [1.54, 1.807) is 0 Å². The smallest absolute Gasteiger partial charge is 0.0372 e. The van der Waals surface area contributed by atoms with Crippen molar-refractivity contribution in [3.8, 4) is 0 Å². The Kier molecular flexibility index (Phi) is 5.90. The van der Waals surface area contributed by atoms with E-state index < -0.39 is 0 Å². The molecule has 0 atom stereocenters. The molecule has 0 saturated carbocycles. The summed E-state index contributed by atoms with van der Waals surface area (Å²) < 4.78 is 1.14. The van der Waals surface area contributed by atoms with E-state index in [9.17, 15) is 0 Å². The molecule has 0 aliphatic carbocycles. The lowest BCUT2D eigenvalue weighted by atomic mass is 10.1. The molecule has 0 heterocycles. The van der Waals surface area contributed by atoms with Gasteiger partial charge in [0.1, 0.15) is 0 Å². The van der Waals surface area contributed by atoms with Gasteiger partial charge in [-0.05, 0) is 47.9 Å². The predicted octanol–water partition coefficient (Wildman–Crippen LogP) is 6.01. The van der Waals surface area contributed by atoms with Crippen molar-refractivity contribution in [2.75, 3.05) is 18.0 Å². The number of unbranched alkanes of at least 4 members (excludes halogenated alkanes) is 2. The number of nitrogens with zero attached hydrogens (tertiary/aromatic N) is 1. The van der Waals surface area contributed by atoms with Crippen LogP contribution in [0.25, 0.3) is 10.8 Å². The Bertz CT molecular complexity index is 542. The lowest BCUT2D eigenvalue weighted by molar-refractivity contribution is 0.678. The van der Waals surface area contributed by atoms with E-state index in [1.807, 2.05) is 0 Å². The molecule has 0 radical (unpaired) electrons. The highest BCUT2D eigenvalue weighted by Crippen LogP contribution is 2.25. The molecule has 0 unspecified atom stereocenters. The Balaban J connectivity index is 2.24. The molecule has 0 spiro atoms. The third kappa shape index (κ3) is 3.99. The van der Waals surface area contributed by atoms with Gasteiger partial charge in [0.25, 0.3) is 0 Å². The highest BCUT2D eigenvalue weighted by Gasteiger charge is 2.06. The first-order valence-corrected chi connectivity index (χ1v) is 8.48. The zero-order chi connectivity index (χ0) is 14.4. The summed E-state index contributed by atoms with van der Waals surface area (Å²) in [7, 11) is 0. The van der Waals surface area contributed by atoms with Gasteiger partial charge in [-0.2, -0.15) is 0 Å². The molecule has 2 aromatic rings. The van der Waals surface area contributed by atoms with Gasteiger partial charge >= 0.3 is 0 Å². The van der Waals surface area contributed by atoms with Crippen molar-refractivity contribution in [1.29, 1.82) is 0 Å². The predicted molar refractivity (Wildman–Crippen MR) is 93.7 cm³/mol. The van der Waals surface area contributed by atoms with Crippen LogP contribution >= 0.6 is 15.9 Å². The summed E-state index contributed by atoms with van der Waals surface area (Å²) >= 11 is 3.54. The zero-order valence-corrected chi connectivity index (χ0v) is 14.1. The van der Waals surface area contributed by atoms with Crippen LogP contribution in [0.5, 0.6) is 0 Å². The lowest BCUT2D eigenvalue weighted by Crippen LogP contribution is -2.25. The summed E-state index contributed by atoms with van der Waals surface area (Å²) in [5.41, 5.74) is 1.36. The highest BCUT2D eigenvalue weighted by atomic mass is 79.9. The number of hydrogen-bond donors (Lipinski definition) is 0. The van der Waals surface area contributed by atoms with E-state index in [0.29, 0.717) is 0 Å². The van der Waals surface area contributed by atoms with Crippen LogP contribution in [-0.4, -0.2) is 13.1 Å². The third-order valence-corrected chi connectivity index (χ3v) is 4.21. The van der Waals surface area contributed by atoms with Gasteiger partial charge in [-0.1, -0.05) is 54.8 Å². The molecule has 0 fully saturated rings. The van der Waals surface area contributed by atoms with E-state index in [1.165, 1.54) is 55.2 Å². The van der Waals surface area contributed by atoms with Crippen LogP contribution in [0.1, 0.15) is 39.5 Å². The minimum atomic E-state index is 1.14. The van der Waals surface area contributed by atoms with Crippen molar-refractivity contribution in [3.05, 3.63) is 40.9 Å². The number of rotatable bonds is 7. The number of benzene rings is 2. The van der Waals surface area contributed by atoms with Gasteiger partial charge in [0.05, 0.1) is 0 Å². The summed E-state index contributed by atoms with van der Waals surface area (Å²) in [5, 5.41) is 2.62. The summed E-state index contributed by atoms with van der Waals surface area (Å²) in [6.07, 6.45) is 5.04. The second kappa shape index (κ2) is 7.68. The molecule has 0 aliphatic heterocycles. The normalized spacial score (nSPS) is 10.9. The van der Waals surface area contributed by atoms with Gasteiger partial charge in [0, 0.05) is 23.2 Å². The minimum Gasteiger partial charge on any atom is -0.372 e. The van der Waals surface area contributed by atoms with Gasteiger partial charge in [-0.3, -0.25) is 0 Å². The van der Waals surface area contributed by atoms with Crippen LogP contribution in [0, 0.1) is 0 Å². The fraction of sp³-hybridized carbons (Fsp3) is 0.444. The van der Waals surface area contributed by atoms with Crippen molar-refractivity contribution < 1.29 is 0 Å². The van der Waals surface area contributed by atoms with Gasteiger partial charge < -0.3 is 4.90 Å². The molecule has 108 valence electrons. The molecular formula is C18H24BrN. The van der Waals surface area contributed by atoms with Crippen molar-refractivity contribution in [2.24, 2.45) is 0 Å². The largest absolute Gasteiger partial charge is 0.372 e. The molecule has 0 aromatic heterocycles. The van der Waals surface area contributed by atoms with E-state index in [-0.39, 0.29) is 0 Å². The Labute approximate surface area is 131 Å². The third-order valence-electron chi connectivity index (χ3n) is 3.71. The molecule has 20 heavy (non-hydrogen) atoms. The Morgan fingerprint density at radius 2 is 1.45 bits per heavy atom. The summed E-state index contributed by atoms with van der Waals surface area (Å²) in [5.74, 6) is 0. The van der Waals surface area contributed by atoms with Gasteiger partial charge in [-0.15, -0.1) is 0 Å². The van der Waals surface area contributed by atoms with Gasteiger partial charge in [0.15, 0.2) is 0 Å². The fourth-order valence-electron chi connectivity index (χ4n) is 2.47. The molecule has 0 bridgehead atoms. The molecule has 0 aliphatic rings. The van der Waals surface area contributed by atoms with E-state index >= 15 is 0 Å². The average molecular weight is 334 g/mol. The molecular weight excluding hydrogens is 310 g/mol. The minimum absolute atomic E-state index is 1.14. The highest BCUT2D eigenvalue weighted by molar-refractivity contribution is 9.10. The molecule has 2 aromatic carbocycles. The van der Waals surface area contributed by atoms with Crippen molar-refractivity contribution in [3.63, 3.8) is 0 Å². The van der Waals surface area contributed by atoms with Crippen molar-refractivity contribution in [2.45, 2.75) is 39.5 Å². The van der Waals surface area contributed by atoms with E-state index in [2.05, 4.69) is 71.1 Å². The lowest BCUT2D eigenvalue weighted by Gasteiger charge is -2.25. The Hall–Kier alpha value is -1.02. The van der Waals surface area contributed by atoms with E-state index in [0.717, 1.165) is 4.47 Å².